The topological polar surface area (TPSA) is 38.5 Å². The van der Waals surface area contributed by atoms with E-state index in [4.69, 9.17) is 9.72 Å². The van der Waals surface area contributed by atoms with Gasteiger partial charge in [-0.3, -0.25) is 0 Å². The molecule has 85 heavy (non-hydrogen) atoms. The minimum atomic E-state index is -0.554. The summed E-state index contributed by atoms with van der Waals surface area (Å²) in [5.41, 5.74) is 20.3. The van der Waals surface area contributed by atoms with Crippen molar-refractivity contribution in [3.05, 3.63) is 302 Å². The van der Waals surface area contributed by atoms with Gasteiger partial charge in [-0.15, -0.1) is 53.6 Å². The van der Waals surface area contributed by atoms with E-state index in [2.05, 4.69) is 314 Å². The van der Waals surface area contributed by atoms with Crippen LogP contribution >= 0.6 is 0 Å². The third kappa shape index (κ3) is 8.37. The van der Waals surface area contributed by atoms with Crippen LogP contribution < -0.4 is 14.5 Å². The molecule has 412 valence electrons. The number of hydrogen-bond donors (Lipinski definition) is 0. The molecular formula is C78H56N5OPt-3. The first-order chi connectivity index (χ1) is 41.2. The first-order valence-corrected chi connectivity index (χ1v) is 28.8. The van der Waals surface area contributed by atoms with Crippen LogP contribution in [0.4, 0.5) is 22.7 Å². The van der Waals surface area contributed by atoms with Gasteiger partial charge < -0.3 is 23.7 Å². The van der Waals surface area contributed by atoms with E-state index < -0.39 is 5.41 Å². The van der Waals surface area contributed by atoms with Gasteiger partial charge in [0.05, 0.1) is 11.0 Å². The molecule has 2 aliphatic rings. The van der Waals surface area contributed by atoms with E-state index in [9.17, 15) is 0 Å². The Balaban J connectivity index is 0.00000613. The van der Waals surface area contributed by atoms with E-state index in [0.717, 1.165) is 94.9 Å². The van der Waals surface area contributed by atoms with Gasteiger partial charge in [-0.1, -0.05) is 202 Å². The number of para-hydroxylation sites is 5. The predicted octanol–water partition coefficient (Wildman–Crippen LogP) is 20.0. The van der Waals surface area contributed by atoms with Crippen LogP contribution in [-0.4, -0.2) is 14.1 Å². The molecule has 0 atom stereocenters. The van der Waals surface area contributed by atoms with Gasteiger partial charge in [-0.05, 0) is 111 Å². The molecule has 0 unspecified atom stereocenters. The number of pyridine rings is 1. The molecule has 16 rings (SSSR count). The van der Waals surface area contributed by atoms with Crippen molar-refractivity contribution in [3.63, 3.8) is 0 Å². The van der Waals surface area contributed by atoms with Gasteiger partial charge in [0.25, 0.3) is 0 Å². The molecule has 0 saturated carbocycles. The second kappa shape index (κ2) is 20.3. The number of benzene rings is 11. The molecule has 14 aromatic rings. The molecule has 0 fully saturated rings. The van der Waals surface area contributed by atoms with Crippen molar-refractivity contribution >= 4 is 66.4 Å². The van der Waals surface area contributed by atoms with Gasteiger partial charge in [-0.25, -0.2) is 4.98 Å². The largest absolute Gasteiger partial charge is 0.509 e. The Morgan fingerprint density at radius 2 is 0.976 bits per heavy atom. The first-order valence-electron chi connectivity index (χ1n) is 28.8. The minimum absolute atomic E-state index is 0. The van der Waals surface area contributed by atoms with Gasteiger partial charge in [0.1, 0.15) is 5.82 Å². The van der Waals surface area contributed by atoms with Crippen molar-refractivity contribution in [2.45, 2.75) is 38.5 Å². The van der Waals surface area contributed by atoms with E-state index >= 15 is 0 Å². The average Bonchev–Trinajstić information content (AvgIpc) is 1.72. The Bertz CT molecular complexity index is 4780. The number of fused-ring (bicyclic) bond motifs is 10. The van der Waals surface area contributed by atoms with Crippen LogP contribution in [0.5, 0.6) is 11.5 Å². The number of hydrogen-bond acceptors (Lipinski definition) is 4. The van der Waals surface area contributed by atoms with Crippen LogP contribution in [-0.2, 0) is 31.9 Å². The summed E-state index contributed by atoms with van der Waals surface area (Å²) in [4.78, 5) is 9.66. The Kier molecular flexibility index (Phi) is 12.4. The Labute approximate surface area is 509 Å². The van der Waals surface area contributed by atoms with Gasteiger partial charge in [0, 0.05) is 94.3 Å². The smallest absolute Gasteiger partial charge is 0.135 e. The normalized spacial score (nSPS) is 13.3. The Morgan fingerprint density at radius 3 is 1.58 bits per heavy atom. The Morgan fingerprint density at radius 1 is 0.459 bits per heavy atom. The van der Waals surface area contributed by atoms with E-state index in [1.165, 1.54) is 38.6 Å². The molecule has 4 heterocycles. The fourth-order valence-corrected chi connectivity index (χ4v) is 13.4. The monoisotopic (exact) mass is 1270 g/mol. The predicted molar refractivity (Wildman–Crippen MR) is 346 cm³/mol. The van der Waals surface area contributed by atoms with Crippen molar-refractivity contribution in [2.75, 3.05) is 9.80 Å². The van der Waals surface area contributed by atoms with Crippen LogP contribution in [0.25, 0.3) is 88.5 Å². The van der Waals surface area contributed by atoms with E-state index in [1.54, 1.807) is 0 Å². The minimum Gasteiger partial charge on any atom is -0.509 e. The molecule has 3 aromatic heterocycles. The van der Waals surface area contributed by atoms with Crippen LogP contribution in [0.1, 0.15) is 49.9 Å². The van der Waals surface area contributed by atoms with Crippen molar-refractivity contribution in [2.24, 2.45) is 0 Å². The molecular weight excluding hydrogens is 1220 g/mol. The summed E-state index contributed by atoms with van der Waals surface area (Å²) >= 11 is 0. The number of ether oxygens (including phenoxy) is 1. The molecule has 1 aliphatic carbocycles. The van der Waals surface area contributed by atoms with Crippen molar-refractivity contribution in [3.8, 4) is 56.4 Å². The van der Waals surface area contributed by atoms with E-state index in [1.807, 2.05) is 12.3 Å². The van der Waals surface area contributed by atoms with Crippen LogP contribution in [0.3, 0.4) is 0 Å². The number of aromatic nitrogens is 3. The fourth-order valence-electron chi connectivity index (χ4n) is 13.4. The number of rotatable bonds is 9. The molecule has 0 amide bonds. The summed E-state index contributed by atoms with van der Waals surface area (Å²) < 4.78 is 11.9. The Hall–Kier alpha value is -9.74. The molecule has 1 aliphatic heterocycles. The molecule has 11 aromatic carbocycles. The van der Waals surface area contributed by atoms with Crippen LogP contribution in [0, 0.1) is 18.8 Å². The molecule has 0 spiro atoms. The molecule has 0 saturated heterocycles. The van der Waals surface area contributed by atoms with E-state index in [-0.39, 0.29) is 26.5 Å². The SMILES string of the molecule is CC(C)(C)c1ccnc(-n2c3[c-]c(Oc4[c-]c(N5[CH-]N(c6c(-c7ccccc7)cc(-n7c8ccccc8c8ccccc87)cc6-c6ccccc6)c6ccccc65)cc(C5(C)c6ccccc6-c6ccccc65)c4)ccc3c3ccccc32)c1.[Pt]. The number of nitrogens with zero attached hydrogens (tertiary/aromatic N) is 5. The summed E-state index contributed by atoms with van der Waals surface area (Å²) in [6.07, 6.45) is 1.92. The summed E-state index contributed by atoms with van der Waals surface area (Å²) in [7, 11) is 0. The molecule has 0 bridgehead atoms. The third-order valence-corrected chi connectivity index (χ3v) is 17.5. The van der Waals surface area contributed by atoms with Gasteiger partial charge >= 0.3 is 0 Å². The van der Waals surface area contributed by atoms with Crippen LogP contribution in [0.15, 0.2) is 261 Å². The van der Waals surface area contributed by atoms with Crippen molar-refractivity contribution in [1.82, 2.24) is 14.1 Å². The second-order valence-corrected chi connectivity index (χ2v) is 23.4. The second-order valence-electron chi connectivity index (χ2n) is 23.4. The molecule has 0 N–H and O–H groups in total. The zero-order valence-electron chi connectivity index (χ0n) is 47.4. The fraction of sp³-hybridized carbons (Fsp3) is 0.0769. The average molecular weight is 1270 g/mol. The number of anilines is 4. The van der Waals surface area contributed by atoms with Crippen molar-refractivity contribution < 1.29 is 25.8 Å². The van der Waals surface area contributed by atoms with Gasteiger partial charge in [-0.2, -0.15) is 6.07 Å². The first kappa shape index (κ1) is 52.1. The van der Waals surface area contributed by atoms with Crippen LogP contribution in [0.2, 0.25) is 0 Å². The van der Waals surface area contributed by atoms with E-state index in [0.29, 0.717) is 11.5 Å². The summed E-state index contributed by atoms with van der Waals surface area (Å²) in [6, 6.07) is 99.6. The molecule has 0 radical (unpaired) electrons. The summed E-state index contributed by atoms with van der Waals surface area (Å²) in [5.74, 6) is 1.99. The summed E-state index contributed by atoms with van der Waals surface area (Å²) in [5, 5.41) is 4.64. The quantitative estimate of drug-likeness (QED) is 0.135. The van der Waals surface area contributed by atoms with Crippen molar-refractivity contribution in [1.29, 1.82) is 0 Å². The van der Waals surface area contributed by atoms with Gasteiger partial charge in [0.15, 0.2) is 0 Å². The zero-order chi connectivity index (χ0) is 56.3. The molecule has 7 heteroatoms. The standard InChI is InChI=1S/C78H56N5O.Pt/c1-77(2,3)53-41-42-79-75(45-53)83-71-36-20-15-31-63(71)64-40-39-57(49-74(64)83)84-58-44-54(78(4)67-32-16-11-27-59(67)60-28-12-17-33-68(60)78)43-55(46-58)80-50-81(73-38-22-21-37-72(73)80)76-65(51-23-7-5-8-24-51)47-56(48-66(76)52-25-9-6-10-26-52)82-69-34-18-13-29-61(69)62-30-14-19-35-70(62)82;/h5-45,47-48,50H,1-4H3;/q-3;. The maximum absolute atomic E-state index is 7.23. The maximum Gasteiger partial charge on any atom is 0.135 e. The zero-order valence-corrected chi connectivity index (χ0v) is 49.6. The van der Waals surface area contributed by atoms with Gasteiger partial charge in [0.2, 0.25) is 0 Å². The third-order valence-electron chi connectivity index (χ3n) is 17.5. The maximum atomic E-state index is 7.23. The molecule has 6 nitrogen and oxygen atoms in total. The summed E-state index contributed by atoms with van der Waals surface area (Å²) in [6.45, 7) is 11.3.